The first-order chi connectivity index (χ1) is 6.77. The van der Waals surface area contributed by atoms with Gasteiger partial charge in [-0.05, 0) is 58.8 Å². The Morgan fingerprint density at radius 1 is 0.929 bits per heavy atom. The van der Waals surface area contributed by atoms with E-state index in [9.17, 15) is 0 Å². The fraction of sp³-hybridized carbons (Fsp3) is 1.00. The lowest BCUT2D eigenvalue weighted by Crippen LogP contribution is -2.47. The van der Waals surface area contributed by atoms with E-state index in [1.807, 2.05) is 0 Å². The second-order valence-corrected chi connectivity index (χ2v) is 5.21. The molecule has 14 heavy (non-hydrogen) atoms. The Labute approximate surface area is 88.3 Å². The summed E-state index contributed by atoms with van der Waals surface area (Å²) in [5.74, 6) is 0.944. The fourth-order valence-electron chi connectivity index (χ4n) is 3.22. The van der Waals surface area contributed by atoms with Gasteiger partial charge in [0.15, 0.2) is 0 Å². The summed E-state index contributed by atoms with van der Waals surface area (Å²) >= 11 is 0. The normalized spacial score (nSPS) is 37.3. The molecule has 2 unspecified atom stereocenters. The Morgan fingerprint density at radius 2 is 1.79 bits per heavy atom. The molecule has 2 heteroatoms. The van der Waals surface area contributed by atoms with Gasteiger partial charge in [-0.25, -0.2) is 0 Å². The monoisotopic (exact) mass is 196 g/mol. The van der Waals surface area contributed by atoms with E-state index >= 15 is 0 Å². The van der Waals surface area contributed by atoms with Gasteiger partial charge in [-0.3, -0.25) is 0 Å². The summed E-state index contributed by atoms with van der Waals surface area (Å²) in [5, 5.41) is 0. The maximum absolute atomic E-state index is 2.60. The summed E-state index contributed by atoms with van der Waals surface area (Å²) in [6, 6.07) is 0.881. The smallest absolute Gasteiger partial charge is 0.0133 e. The van der Waals surface area contributed by atoms with Crippen LogP contribution in [0.2, 0.25) is 0 Å². The van der Waals surface area contributed by atoms with Crippen molar-refractivity contribution in [3.05, 3.63) is 0 Å². The van der Waals surface area contributed by atoms with E-state index in [2.05, 4.69) is 23.9 Å². The molecule has 2 nitrogen and oxygen atoms in total. The van der Waals surface area contributed by atoms with Crippen LogP contribution in [-0.4, -0.2) is 49.6 Å². The van der Waals surface area contributed by atoms with Crippen molar-refractivity contribution in [2.45, 2.75) is 38.1 Å². The van der Waals surface area contributed by atoms with Crippen molar-refractivity contribution in [2.24, 2.45) is 5.92 Å². The summed E-state index contributed by atoms with van der Waals surface area (Å²) in [4.78, 5) is 5.12. The predicted octanol–water partition coefficient (Wildman–Crippen LogP) is 1.81. The lowest BCUT2D eigenvalue weighted by Gasteiger charge is -2.42. The summed E-state index contributed by atoms with van der Waals surface area (Å²) in [6.45, 7) is 3.97. The first-order valence-corrected chi connectivity index (χ1v) is 6.16. The molecule has 0 saturated carbocycles. The van der Waals surface area contributed by atoms with Gasteiger partial charge in [0.2, 0.25) is 0 Å². The van der Waals surface area contributed by atoms with Crippen molar-refractivity contribution in [1.82, 2.24) is 9.80 Å². The topological polar surface area (TPSA) is 6.48 Å². The predicted molar refractivity (Wildman–Crippen MR) is 60.5 cm³/mol. The van der Waals surface area contributed by atoms with Crippen molar-refractivity contribution in [3.63, 3.8) is 0 Å². The Hall–Kier alpha value is -0.0800. The lowest BCUT2D eigenvalue weighted by atomic mass is 9.85. The van der Waals surface area contributed by atoms with Crippen molar-refractivity contribution < 1.29 is 0 Å². The van der Waals surface area contributed by atoms with Gasteiger partial charge in [0.1, 0.15) is 0 Å². The fourth-order valence-corrected chi connectivity index (χ4v) is 3.22. The van der Waals surface area contributed by atoms with Gasteiger partial charge in [0, 0.05) is 12.6 Å². The molecule has 2 aliphatic rings. The van der Waals surface area contributed by atoms with Crippen LogP contribution in [0.5, 0.6) is 0 Å². The molecule has 0 amide bonds. The Morgan fingerprint density at radius 3 is 2.50 bits per heavy atom. The van der Waals surface area contributed by atoms with Crippen LogP contribution in [0.3, 0.4) is 0 Å². The molecule has 2 fully saturated rings. The van der Waals surface area contributed by atoms with Gasteiger partial charge in [-0.1, -0.05) is 6.42 Å². The van der Waals surface area contributed by atoms with Gasteiger partial charge >= 0.3 is 0 Å². The maximum atomic E-state index is 2.60. The van der Waals surface area contributed by atoms with E-state index in [4.69, 9.17) is 0 Å². The molecule has 0 bridgehead atoms. The quantitative estimate of drug-likeness (QED) is 0.631. The number of hydrogen-bond donors (Lipinski definition) is 0. The molecule has 0 aromatic rings. The SMILES string of the molecule is CN1CCCC(C2CCCCN2C)C1. The van der Waals surface area contributed by atoms with E-state index in [0.717, 1.165) is 12.0 Å². The molecule has 2 aliphatic heterocycles. The van der Waals surface area contributed by atoms with Crippen LogP contribution in [0.1, 0.15) is 32.1 Å². The molecule has 0 aliphatic carbocycles. The van der Waals surface area contributed by atoms with Crippen LogP contribution in [0.25, 0.3) is 0 Å². The number of nitrogens with zero attached hydrogens (tertiary/aromatic N) is 2. The van der Waals surface area contributed by atoms with E-state index in [0.29, 0.717) is 0 Å². The molecule has 0 spiro atoms. The summed E-state index contributed by atoms with van der Waals surface area (Å²) in [5.41, 5.74) is 0. The minimum Gasteiger partial charge on any atom is -0.306 e. The third-order valence-electron chi connectivity index (χ3n) is 4.03. The maximum Gasteiger partial charge on any atom is 0.0133 e. The third kappa shape index (κ3) is 2.29. The Balaban J connectivity index is 1.91. The largest absolute Gasteiger partial charge is 0.306 e. The zero-order valence-corrected chi connectivity index (χ0v) is 9.71. The number of piperidine rings is 2. The first-order valence-electron chi connectivity index (χ1n) is 6.16. The Kier molecular flexibility index (Phi) is 3.45. The van der Waals surface area contributed by atoms with Crippen LogP contribution in [0.15, 0.2) is 0 Å². The molecule has 0 aromatic heterocycles. The molecule has 2 saturated heterocycles. The molecule has 0 radical (unpaired) electrons. The summed E-state index contributed by atoms with van der Waals surface area (Å²) < 4.78 is 0. The molecule has 0 aromatic carbocycles. The standard InChI is InChI=1S/C12H24N2/c1-13-8-5-6-11(10-13)12-7-3-4-9-14(12)2/h11-12H,3-10H2,1-2H3. The van der Waals surface area contributed by atoms with Gasteiger partial charge < -0.3 is 9.80 Å². The second kappa shape index (κ2) is 4.63. The zero-order valence-electron chi connectivity index (χ0n) is 9.71. The number of likely N-dealkylation sites (tertiary alicyclic amines) is 2. The van der Waals surface area contributed by atoms with Crippen molar-refractivity contribution >= 4 is 0 Å². The van der Waals surface area contributed by atoms with Gasteiger partial charge in [0.05, 0.1) is 0 Å². The minimum absolute atomic E-state index is 0.881. The molecular weight excluding hydrogens is 172 g/mol. The van der Waals surface area contributed by atoms with Crippen LogP contribution >= 0.6 is 0 Å². The minimum atomic E-state index is 0.881. The van der Waals surface area contributed by atoms with Crippen LogP contribution in [-0.2, 0) is 0 Å². The first kappa shape index (κ1) is 10.4. The highest BCUT2D eigenvalue weighted by Gasteiger charge is 2.29. The van der Waals surface area contributed by atoms with Crippen molar-refractivity contribution in [1.29, 1.82) is 0 Å². The van der Waals surface area contributed by atoms with E-state index in [1.54, 1.807) is 0 Å². The highest BCUT2D eigenvalue weighted by molar-refractivity contribution is 4.85. The van der Waals surface area contributed by atoms with Crippen molar-refractivity contribution in [3.8, 4) is 0 Å². The lowest BCUT2D eigenvalue weighted by molar-refractivity contribution is 0.0797. The summed E-state index contributed by atoms with van der Waals surface area (Å²) in [7, 11) is 4.59. The van der Waals surface area contributed by atoms with Gasteiger partial charge in [-0.2, -0.15) is 0 Å². The number of hydrogen-bond acceptors (Lipinski definition) is 2. The van der Waals surface area contributed by atoms with E-state index in [1.165, 1.54) is 51.7 Å². The van der Waals surface area contributed by atoms with Crippen LogP contribution < -0.4 is 0 Å². The molecule has 2 heterocycles. The van der Waals surface area contributed by atoms with E-state index in [-0.39, 0.29) is 0 Å². The van der Waals surface area contributed by atoms with Crippen molar-refractivity contribution in [2.75, 3.05) is 33.7 Å². The molecule has 82 valence electrons. The highest BCUT2D eigenvalue weighted by atomic mass is 15.2. The van der Waals surface area contributed by atoms with Crippen LogP contribution in [0, 0.1) is 5.92 Å². The Bertz CT molecular complexity index is 181. The zero-order chi connectivity index (χ0) is 9.97. The third-order valence-corrected chi connectivity index (χ3v) is 4.03. The molecular formula is C12H24N2. The molecule has 2 atom stereocenters. The molecule has 2 rings (SSSR count). The molecule has 0 N–H and O–H groups in total. The van der Waals surface area contributed by atoms with Gasteiger partial charge in [0.25, 0.3) is 0 Å². The highest BCUT2D eigenvalue weighted by Crippen LogP contribution is 2.27. The average molecular weight is 196 g/mol. The van der Waals surface area contributed by atoms with Crippen LogP contribution in [0.4, 0.5) is 0 Å². The van der Waals surface area contributed by atoms with Gasteiger partial charge in [-0.15, -0.1) is 0 Å². The summed E-state index contributed by atoms with van der Waals surface area (Å²) in [6.07, 6.45) is 7.17. The van der Waals surface area contributed by atoms with E-state index < -0.39 is 0 Å². The number of rotatable bonds is 1. The average Bonchev–Trinajstić information content (AvgIpc) is 2.18. The second-order valence-electron chi connectivity index (χ2n) is 5.21.